The van der Waals surface area contributed by atoms with Crippen LogP contribution in [0.2, 0.25) is 0 Å². The minimum atomic E-state index is -0.913. The standard InChI is InChI=1S/C19H20N2O4/c22-18-14-16(15-6-10-21(11-7-15)19(23)24)8-9-20(18)12-13-25-17-4-2-1-3-5-17/h1-6,8-9,14H,7,10-13H2,(H,23,24). The summed E-state index contributed by atoms with van der Waals surface area (Å²) in [6.07, 6.45) is 3.34. The first-order valence-corrected chi connectivity index (χ1v) is 8.19. The third-order valence-electron chi connectivity index (χ3n) is 4.19. The van der Waals surface area contributed by atoms with E-state index in [0.29, 0.717) is 32.7 Å². The lowest BCUT2D eigenvalue weighted by atomic mass is 10.0. The average Bonchev–Trinajstić information content (AvgIpc) is 2.64. The molecule has 2 heterocycles. The molecule has 2 aromatic rings. The minimum absolute atomic E-state index is 0.0873. The fourth-order valence-electron chi connectivity index (χ4n) is 2.78. The summed E-state index contributed by atoms with van der Waals surface area (Å²) >= 11 is 0. The van der Waals surface area contributed by atoms with E-state index < -0.39 is 6.09 Å². The van der Waals surface area contributed by atoms with Crippen molar-refractivity contribution in [3.05, 3.63) is 70.7 Å². The Morgan fingerprint density at radius 3 is 2.64 bits per heavy atom. The van der Waals surface area contributed by atoms with E-state index in [1.807, 2.05) is 42.5 Å². The summed E-state index contributed by atoms with van der Waals surface area (Å²) in [6, 6.07) is 13.0. The number of para-hydroxylation sites is 1. The highest BCUT2D eigenvalue weighted by atomic mass is 16.5. The molecule has 6 heteroatoms. The second kappa shape index (κ2) is 7.70. The lowest BCUT2D eigenvalue weighted by molar-refractivity contribution is 0.150. The van der Waals surface area contributed by atoms with Gasteiger partial charge in [-0.15, -0.1) is 0 Å². The zero-order valence-electron chi connectivity index (χ0n) is 13.8. The smallest absolute Gasteiger partial charge is 0.407 e. The Balaban J connectivity index is 1.61. The Hall–Kier alpha value is -3.02. The molecule has 0 radical (unpaired) electrons. The number of carbonyl (C=O) groups is 1. The molecular weight excluding hydrogens is 320 g/mol. The quantitative estimate of drug-likeness (QED) is 0.908. The maximum absolute atomic E-state index is 12.3. The van der Waals surface area contributed by atoms with Crippen LogP contribution in [0.3, 0.4) is 0 Å². The van der Waals surface area contributed by atoms with Crippen LogP contribution in [0.4, 0.5) is 4.79 Å². The van der Waals surface area contributed by atoms with Crippen LogP contribution in [0.5, 0.6) is 5.75 Å². The summed E-state index contributed by atoms with van der Waals surface area (Å²) in [6.45, 7) is 1.70. The number of nitrogens with zero attached hydrogens (tertiary/aromatic N) is 2. The molecule has 1 N–H and O–H groups in total. The van der Waals surface area contributed by atoms with Gasteiger partial charge in [0.15, 0.2) is 0 Å². The molecule has 130 valence electrons. The molecule has 0 saturated carbocycles. The van der Waals surface area contributed by atoms with Crippen molar-refractivity contribution in [1.82, 2.24) is 9.47 Å². The maximum atomic E-state index is 12.3. The number of hydrogen-bond donors (Lipinski definition) is 1. The number of amides is 1. The van der Waals surface area contributed by atoms with E-state index in [-0.39, 0.29) is 5.56 Å². The summed E-state index contributed by atoms with van der Waals surface area (Å²) in [5.41, 5.74) is 1.79. The summed E-state index contributed by atoms with van der Waals surface area (Å²) in [4.78, 5) is 24.6. The maximum Gasteiger partial charge on any atom is 0.407 e. The summed E-state index contributed by atoms with van der Waals surface area (Å²) in [5, 5.41) is 8.97. The molecule has 1 aromatic carbocycles. The molecule has 0 fully saturated rings. The molecule has 6 nitrogen and oxygen atoms in total. The van der Waals surface area contributed by atoms with E-state index in [1.165, 1.54) is 4.90 Å². The highest BCUT2D eigenvalue weighted by molar-refractivity contribution is 5.71. The third kappa shape index (κ3) is 4.29. The van der Waals surface area contributed by atoms with E-state index in [1.54, 1.807) is 16.8 Å². The molecule has 0 bridgehead atoms. The van der Waals surface area contributed by atoms with Crippen molar-refractivity contribution in [2.24, 2.45) is 0 Å². The van der Waals surface area contributed by atoms with Gasteiger partial charge in [0.1, 0.15) is 12.4 Å². The van der Waals surface area contributed by atoms with E-state index in [0.717, 1.165) is 16.9 Å². The number of ether oxygens (including phenoxy) is 1. The zero-order chi connectivity index (χ0) is 17.6. The minimum Gasteiger partial charge on any atom is -0.492 e. The van der Waals surface area contributed by atoms with Crippen LogP contribution in [0.1, 0.15) is 12.0 Å². The molecule has 0 atom stereocenters. The number of aromatic nitrogens is 1. The van der Waals surface area contributed by atoms with Gasteiger partial charge < -0.3 is 19.3 Å². The topological polar surface area (TPSA) is 71.8 Å². The van der Waals surface area contributed by atoms with Crippen LogP contribution in [-0.4, -0.2) is 40.4 Å². The Morgan fingerprint density at radius 2 is 2.00 bits per heavy atom. The lowest BCUT2D eigenvalue weighted by Crippen LogP contribution is -2.33. The van der Waals surface area contributed by atoms with E-state index in [4.69, 9.17) is 9.84 Å². The Kier molecular flexibility index (Phi) is 5.18. The largest absolute Gasteiger partial charge is 0.492 e. The van der Waals surface area contributed by atoms with Gasteiger partial charge >= 0.3 is 6.09 Å². The molecule has 0 unspecified atom stereocenters. The molecule has 25 heavy (non-hydrogen) atoms. The van der Waals surface area contributed by atoms with Gasteiger partial charge in [-0.2, -0.15) is 0 Å². The molecule has 0 saturated heterocycles. The van der Waals surface area contributed by atoms with Crippen molar-refractivity contribution in [3.63, 3.8) is 0 Å². The van der Waals surface area contributed by atoms with Gasteiger partial charge in [-0.3, -0.25) is 4.79 Å². The van der Waals surface area contributed by atoms with Crippen molar-refractivity contribution in [3.8, 4) is 5.75 Å². The van der Waals surface area contributed by atoms with E-state index >= 15 is 0 Å². The highest BCUT2D eigenvalue weighted by Crippen LogP contribution is 2.21. The molecule has 0 spiro atoms. The summed E-state index contributed by atoms with van der Waals surface area (Å²) < 4.78 is 7.22. The van der Waals surface area contributed by atoms with Gasteiger partial charge in [-0.1, -0.05) is 24.3 Å². The lowest BCUT2D eigenvalue weighted by Gasteiger charge is -2.23. The van der Waals surface area contributed by atoms with Crippen LogP contribution in [0.25, 0.3) is 5.57 Å². The van der Waals surface area contributed by atoms with E-state index in [9.17, 15) is 9.59 Å². The molecule has 1 aromatic heterocycles. The fourth-order valence-corrected chi connectivity index (χ4v) is 2.78. The fraction of sp³-hybridized carbons (Fsp3) is 0.263. The van der Waals surface area contributed by atoms with Crippen molar-refractivity contribution < 1.29 is 14.6 Å². The van der Waals surface area contributed by atoms with Crippen molar-refractivity contribution in [2.75, 3.05) is 19.7 Å². The van der Waals surface area contributed by atoms with Crippen LogP contribution in [0, 0.1) is 0 Å². The van der Waals surface area contributed by atoms with Gasteiger partial charge in [0.2, 0.25) is 0 Å². The first-order chi connectivity index (χ1) is 12.1. The highest BCUT2D eigenvalue weighted by Gasteiger charge is 2.17. The van der Waals surface area contributed by atoms with Crippen LogP contribution >= 0.6 is 0 Å². The first kappa shape index (κ1) is 16.8. The Morgan fingerprint density at radius 1 is 1.20 bits per heavy atom. The number of carboxylic acid groups (broad SMARTS) is 1. The van der Waals surface area contributed by atoms with Gasteiger partial charge in [-0.25, -0.2) is 4.79 Å². The van der Waals surface area contributed by atoms with E-state index in [2.05, 4.69) is 0 Å². The Labute approximate surface area is 145 Å². The molecule has 1 aliphatic heterocycles. The molecule has 3 rings (SSSR count). The Bertz CT molecular complexity index is 827. The van der Waals surface area contributed by atoms with Crippen molar-refractivity contribution in [1.29, 1.82) is 0 Å². The van der Waals surface area contributed by atoms with Gasteiger partial charge in [-0.05, 0) is 35.8 Å². The van der Waals surface area contributed by atoms with Crippen LogP contribution in [-0.2, 0) is 6.54 Å². The molecule has 1 amide bonds. The van der Waals surface area contributed by atoms with Gasteiger partial charge in [0, 0.05) is 25.4 Å². The molecular formula is C19H20N2O4. The van der Waals surface area contributed by atoms with Gasteiger partial charge in [0.05, 0.1) is 6.54 Å². The zero-order valence-corrected chi connectivity index (χ0v) is 13.8. The predicted octanol–water partition coefficient (Wildman–Crippen LogP) is 2.69. The number of benzene rings is 1. The SMILES string of the molecule is O=C(O)N1CC=C(c2ccn(CCOc3ccccc3)c(=O)c2)CC1. The number of pyridine rings is 1. The predicted molar refractivity (Wildman–Crippen MR) is 94.8 cm³/mol. The van der Waals surface area contributed by atoms with Gasteiger partial charge in [0.25, 0.3) is 5.56 Å². The van der Waals surface area contributed by atoms with Crippen molar-refractivity contribution >= 4 is 11.7 Å². The summed E-state index contributed by atoms with van der Waals surface area (Å²) in [5.74, 6) is 0.780. The molecule has 1 aliphatic rings. The van der Waals surface area contributed by atoms with Crippen LogP contribution in [0.15, 0.2) is 59.5 Å². The second-order valence-electron chi connectivity index (χ2n) is 5.82. The normalized spacial score (nSPS) is 14.1. The van der Waals surface area contributed by atoms with Crippen molar-refractivity contribution in [2.45, 2.75) is 13.0 Å². The second-order valence-corrected chi connectivity index (χ2v) is 5.82. The number of rotatable bonds is 5. The third-order valence-corrected chi connectivity index (χ3v) is 4.19. The number of hydrogen-bond acceptors (Lipinski definition) is 3. The van der Waals surface area contributed by atoms with Crippen LogP contribution < -0.4 is 10.3 Å². The first-order valence-electron chi connectivity index (χ1n) is 8.19. The summed E-state index contributed by atoms with van der Waals surface area (Å²) in [7, 11) is 0. The molecule has 0 aliphatic carbocycles. The average molecular weight is 340 g/mol. The monoisotopic (exact) mass is 340 g/mol.